The van der Waals surface area contributed by atoms with Crippen LogP contribution in [0.25, 0.3) is 0 Å². The van der Waals surface area contributed by atoms with Crippen LogP contribution in [0.4, 0.5) is 0 Å². The Balaban J connectivity index is 0.00000243. The quantitative estimate of drug-likeness (QED) is 0.760. The number of amides is 1. The van der Waals surface area contributed by atoms with Crippen LogP contribution in [0.1, 0.15) is 37.7 Å². The molecule has 2 fully saturated rings. The molecule has 1 amide bonds. The first-order chi connectivity index (χ1) is 12.1. The standard InChI is InChI=1S/C18H27N3O3S.ClH/c22-18(20-14-16-5-4-10-19-16)13-15-6-8-17(9-7-15)25(23,24)21-11-2-1-3-12-21;/h6-9,16,19H,1-5,10-14H2,(H,20,22);1H. The van der Waals surface area contributed by atoms with E-state index in [1.807, 2.05) is 0 Å². The summed E-state index contributed by atoms with van der Waals surface area (Å²) in [6, 6.07) is 7.09. The van der Waals surface area contributed by atoms with E-state index >= 15 is 0 Å². The topological polar surface area (TPSA) is 78.5 Å². The molecule has 1 atom stereocenters. The molecule has 2 aliphatic heterocycles. The third-order valence-corrected chi connectivity index (χ3v) is 6.86. The third-order valence-electron chi connectivity index (χ3n) is 4.95. The van der Waals surface area contributed by atoms with Gasteiger partial charge in [-0.25, -0.2) is 8.42 Å². The average molecular weight is 402 g/mol. The van der Waals surface area contributed by atoms with E-state index in [2.05, 4.69) is 10.6 Å². The average Bonchev–Trinajstić information content (AvgIpc) is 3.15. The minimum atomic E-state index is -3.40. The fraction of sp³-hybridized carbons (Fsp3) is 0.611. The molecular weight excluding hydrogens is 374 g/mol. The van der Waals surface area contributed by atoms with Gasteiger partial charge in [-0.1, -0.05) is 18.6 Å². The predicted octanol–water partition coefficient (Wildman–Crippen LogP) is 1.69. The second kappa shape index (κ2) is 9.69. The van der Waals surface area contributed by atoms with Crippen molar-refractivity contribution >= 4 is 28.3 Å². The van der Waals surface area contributed by atoms with Gasteiger partial charge >= 0.3 is 0 Å². The first-order valence-corrected chi connectivity index (χ1v) is 10.6. The number of nitrogens with one attached hydrogen (secondary N) is 2. The molecule has 0 aliphatic carbocycles. The van der Waals surface area contributed by atoms with Gasteiger partial charge in [0.25, 0.3) is 0 Å². The SMILES string of the molecule is Cl.O=C(Cc1ccc(S(=O)(=O)N2CCCCC2)cc1)NCC1CCCN1. The number of carbonyl (C=O) groups excluding carboxylic acids is 1. The maximum absolute atomic E-state index is 12.6. The molecule has 0 saturated carbocycles. The second-order valence-corrected chi connectivity index (χ2v) is 8.82. The van der Waals surface area contributed by atoms with Gasteiger partial charge in [-0.2, -0.15) is 4.31 Å². The number of sulfonamides is 1. The van der Waals surface area contributed by atoms with Crippen LogP contribution < -0.4 is 10.6 Å². The van der Waals surface area contributed by atoms with Crippen LogP contribution in [0.15, 0.2) is 29.2 Å². The lowest BCUT2D eigenvalue weighted by molar-refractivity contribution is -0.120. The maximum Gasteiger partial charge on any atom is 0.243 e. The van der Waals surface area contributed by atoms with Gasteiger partial charge in [0.05, 0.1) is 11.3 Å². The first-order valence-electron chi connectivity index (χ1n) is 9.15. The van der Waals surface area contributed by atoms with Crippen molar-refractivity contribution in [1.82, 2.24) is 14.9 Å². The highest BCUT2D eigenvalue weighted by Crippen LogP contribution is 2.21. The zero-order valence-electron chi connectivity index (χ0n) is 14.9. The van der Waals surface area contributed by atoms with E-state index in [0.717, 1.165) is 44.2 Å². The number of benzene rings is 1. The van der Waals surface area contributed by atoms with E-state index in [9.17, 15) is 13.2 Å². The Labute approximate surface area is 162 Å². The van der Waals surface area contributed by atoms with E-state index in [1.165, 1.54) is 0 Å². The lowest BCUT2D eigenvalue weighted by Crippen LogP contribution is -2.37. The number of nitrogens with zero attached hydrogens (tertiary/aromatic N) is 1. The molecule has 0 aromatic heterocycles. The first kappa shape index (κ1) is 21.2. The van der Waals surface area contributed by atoms with Gasteiger partial charge in [-0.05, 0) is 49.9 Å². The number of rotatable bonds is 6. The highest BCUT2D eigenvalue weighted by Gasteiger charge is 2.25. The largest absolute Gasteiger partial charge is 0.354 e. The smallest absolute Gasteiger partial charge is 0.243 e. The minimum absolute atomic E-state index is 0. The van der Waals surface area contributed by atoms with Crippen LogP contribution in [0, 0.1) is 0 Å². The van der Waals surface area contributed by atoms with Crippen molar-refractivity contribution in [2.75, 3.05) is 26.2 Å². The van der Waals surface area contributed by atoms with Crippen molar-refractivity contribution < 1.29 is 13.2 Å². The van der Waals surface area contributed by atoms with E-state index in [-0.39, 0.29) is 24.7 Å². The monoisotopic (exact) mass is 401 g/mol. The summed E-state index contributed by atoms with van der Waals surface area (Å²) in [5, 5.41) is 6.29. The van der Waals surface area contributed by atoms with Crippen molar-refractivity contribution in [2.24, 2.45) is 0 Å². The fourth-order valence-corrected chi connectivity index (χ4v) is 4.97. The Morgan fingerprint density at radius 1 is 1.12 bits per heavy atom. The van der Waals surface area contributed by atoms with Crippen LogP contribution >= 0.6 is 12.4 Å². The van der Waals surface area contributed by atoms with Gasteiger partial charge in [-0.15, -0.1) is 12.4 Å². The molecule has 2 heterocycles. The lowest BCUT2D eigenvalue weighted by atomic mass is 10.1. The Morgan fingerprint density at radius 2 is 1.81 bits per heavy atom. The number of hydrogen-bond donors (Lipinski definition) is 2. The molecule has 0 spiro atoms. The van der Waals surface area contributed by atoms with Gasteiger partial charge in [0.1, 0.15) is 0 Å². The van der Waals surface area contributed by atoms with Gasteiger partial charge in [0.15, 0.2) is 0 Å². The predicted molar refractivity (Wildman–Crippen MR) is 104 cm³/mol. The molecule has 146 valence electrons. The van der Waals surface area contributed by atoms with E-state index < -0.39 is 10.0 Å². The Hall–Kier alpha value is -1.15. The molecule has 2 N–H and O–H groups in total. The number of hydrogen-bond acceptors (Lipinski definition) is 4. The Morgan fingerprint density at radius 3 is 2.42 bits per heavy atom. The van der Waals surface area contributed by atoms with Gasteiger partial charge in [0.2, 0.25) is 15.9 Å². The normalized spacial score (nSPS) is 21.2. The van der Waals surface area contributed by atoms with Crippen LogP contribution in [-0.2, 0) is 21.2 Å². The molecule has 0 bridgehead atoms. The molecule has 26 heavy (non-hydrogen) atoms. The van der Waals surface area contributed by atoms with Gasteiger partial charge in [0, 0.05) is 25.7 Å². The summed E-state index contributed by atoms with van der Waals surface area (Å²) >= 11 is 0. The molecule has 8 heteroatoms. The van der Waals surface area contributed by atoms with Gasteiger partial charge < -0.3 is 10.6 Å². The zero-order valence-corrected chi connectivity index (χ0v) is 16.6. The summed E-state index contributed by atoms with van der Waals surface area (Å²) in [6.45, 7) is 2.87. The molecule has 3 rings (SSSR count). The fourth-order valence-electron chi connectivity index (χ4n) is 3.45. The van der Waals surface area contributed by atoms with E-state index in [0.29, 0.717) is 30.6 Å². The number of halogens is 1. The summed E-state index contributed by atoms with van der Waals surface area (Å²) in [4.78, 5) is 12.3. The summed E-state index contributed by atoms with van der Waals surface area (Å²) < 4.78 is 26.8. The molecule has 2 aliphatic rings. The molecule has 0 radical (unpaired) electrons. The summed E-state index contributed by atoms with van der Waals surface area (Å²) in [6.07, 6.45) is 5.48. The van der Waals surface area contributed by atoms with Crippen LogP contribution in [-0.4, -0.2) is 50.9 Å². The molecular formula is C18H28ClN3O3S. The van der Waals surface area contributed by atoms with Crippen molar-refractivity contribution in [1.29, 1.82) is 0 Å². The van der Waals surface area contributed by atoms with E-state index in [4.69, 9.17) is 0 Å². The molecule has 6 nitrogen and oxygen atoms in total. The van der Waals surface area contributed by atoms with Crippen LogP contribution in [0.5, 0.6) is 0 Å². The zero-order chi connectivity index (χ0) is 17.7. The second-order valence-electron chi connectivity index (χ2n) is 6.88. The summed E-state index contributed by atoms with van der Waals surface area (Å²) in [5.41, 5.74) is 0.828. The Kier molecular flexibility index (Phi) is 7.88. The highest BCUT2D eigenvalue weighted by atomic mass is 35.5. The molecule has 1 aromatic carbocycles. The summed E-state index contributed by atoms with van der Waals surface area (Å²) in [5.74, 6) is -0.0275. The number of carbonyl (C=O) groups is 1. The van der Waals surface area contributed by atoms with E-state index in [1.54, 1.807) is 28.6 Å². The van der Waals surface area contributed by atoms with Gasteiger partial charge in [-0.3, -0.25) is 4.79 Å². The maximum atomic E-state index is 12.6. The molecule has 1 unspecified atom stereocenters. The highest BCUT2D eigenvalue weighted by molar-refractivity contribution is 7.89. The third kappa shape index (κ3) is 5.42. The van der Waals surface area contributed by atoms with Crippen LogP contribution in [0.3, 0.4) is 0 Å². The van der Waals surface area contributed by atoms with Crippen molar-refractivity contribution in [3.8, 4) is 0 Å². The lowest BCUT2D eigenvalue weighted by Gasteiger charge is -2.25. The molecule has 2 saturated heterocycles. The molecule has 1 aromatic rings. The van der Waals surface area contributed by atoms with Crippen molar-refractivity contribution in [3.05, 3.63) is 29.8 Å². The summed E-state index contributed by atoms with van der Waals surface area (Å²) in [7, 11) is -3.40. The van der Waals surface area contributed by atoms with Crippen LogP contribution in [0.2, 0.25) is 0 Å². The van der Waals surface area contributed by atoms with Crippen molar-refractivity contribution in [3.63, 3.8) is 0 Å². The van der Waals surface area contributed by atoms with Crippen molar-refractivity contribution in [2.45, 2.75) is 49.5 Å². The minimum Gasteiger partial charge on any atom is -0.354 e. The Bertz CT molecular complexity index is 682. The number of piperidine rings is 1.